The van der Waals surface area contributed by atoms with Gasteiger partial charge in [0.15, 0.2) is 5.75 Å². The average molecular weight is 698 g/mol. The number of benzene rings is 2. The topological polar surface area (TPSA) is 201 Å². The van der Waals surface area contributed by atoms with Crippen LogP contribution in [0.1, 0.15) is 64.4 Å². The molecule has 13 heteroatoms. The molecule has 3 aliphatic heterocycles. The fourth-order valence-electron chi connectivity index (χ4n) is 6.65. The number of esters is 1. The van der Waals surface area contributed by atoms with Gasteiger partial charge in [0.05, 0.1) is 41.2 Å². The number of ether oxygens (including phenoxy) is 4. The summed E-state index contributed by atoms with van der Waals surface area (Å²) >= 11 is 0. The lowest BCUT2D eigenvalue weighted by Gasteiger charge is -2.38. The molecule has 0 radical (unpaired) electrons. The van der Waals surface area contributed by atoms with E-state index in [4.69, 9.17) is 18.9 Å². The van der Waals surface area contributed by atoms with Crippen molar-refractivity contribution in [3.05, 3.63) is 53.3 Å². The van der Waals surface area contributed by atoms with E-state index < -0.39 is 88.8 Å². The van der Waals surface area contributed by atoms with Crippen molar-refractivity contribution in [2.75, 3.05) is 12.4 Å². The molecule has 3 heterocycles. The number of rotatable bonds is 2. The van der Waals surface area contributed by atoms with Gasteiger partial charge in [0.2, 0.25) is 0 Å². The van der Waals surface area contributed by atoms with Crippen molar-refractivity contribution in [3.63, 3.8) is 0 Å². The largest absolute Gasteiger partial charge is 0.507 e. The first-order valence-electron chi connectivity index (χ1n) is 16.4. The number of phenols is 3. The zero-order valence-electron chi connectivity index (χ0n) is 29.7. The molecule has 6 N–H and O–H groups in total. The van der Waals surface area contributed by atoms with Gasteiger partial charge in [0.1, 0.15) is 23.4 Å². The highest BCUT2D eigenvalue weighted by Crippen LogP contribution is 2.53. The van der Waals surface area contributed by atoms with Gasteiger partial charge in [0.25, 0.3) is 11.7 Å². The Kier molecular flexibility index (Phi) is 11.2. The van der Waals surface area contributed by atoms with Gasteiger partial charge in [-0.2, -0.15) is 0 Å². The fourth-order valence-corrected chi connectivity index (χ4v) is 6.65. The van der Waals surface area contributed by atoms with Gasteiger partial charge in [-0.15, -0.1) is 0 Å². The van der Waals surface area contributed by atoms with Crippen LogP contribution in [0.3, 0.4) is 0 Å². The molecule has 0 saturated heterocycles. The predicted molar refractivity (Wildman–Crippen MR) is 184 cm³/mol. The standard InChI is InChI=1S/C37H47NO12/c1-16-11-10-12-17(2)36(46)38-23-15-24(40)26-27(32(23)44)31(43)21(6)34-28(26)35(45)37(8,50-34)48-14-13-25(47-9)18(3)33(49-22(7)39)20(5)30(42)19(4)29(16)41/h10-16,18-20,25,29-30,33,40-44H,1-9H3,(H,38,46)/t16-,18+,19-,20-,25+,29+,30-,33+,37+/m0/s1. The van der Waals surface area contributed by atoms with Gasteiger partial charge < -0.3 is 49.8 Å². The normalized spacial score (nSPS) is 30.9. The molecule has 0 spiro atoms. The van der Waals surface area contributed by atoms with Crippen molar-refractivity contribution in [1.29, 1.82) is 0 Å². The number of methoxy groups -OCH3 is 1. The number of phenolic OH excluding ortho intramolecular Hbond substituents is 3. The number of aliphatic hydroxyl groups excluding tert-OH is 2. The number of amides is 1. The third-order valence-corrected chi connectivity index (χ3v) is 9.84. The first kappa shape index (κ1) is 38.2. The molecule has 0 aliphatic carbocycles. The van der Waals surface area contributed by atoms with E-state index in [2.05, 4.69) is 5.32 Å². The molecule has 0 unspecified atom stereocenters. The summed E-state index contributed by atoms with van der Waals surface area (Å²) < 4.78 is 23.2. The number of fused-ring (bicyclic) bond motifs is 14. The summed E-state index contributed by atoms with van der Waals surface area (Å²) in [5.41, 5.74) is -0.0929. The molecule has 5 rings (SSSR count). The number of hydrogen-bond acceptors (Lipinski definition) is 12. The lowest BCUT2D eigenvalue weighted by atomic mass is 9.78. The molecule has 2 aromatic rings. The monoisotopic (exact) mass is 697 g/mol. The highest BCUT2D eigenvalue weighted by atomic mass is 16.7. The predicted octanol–water partition coefficient (Wildman–Crippen LogP) is 4.75. The van der Waals surface area contributed by atoms with Crippen LogP contribution in [-0.2, 0) is 23.8 Å². The van der Waals surface area contributed by atoms with Crippen LogP contribution < -0.4 is 10.1 Å². The SMILES string of the molecule is CO[C@@H]1C=CO[C@]2(C)Oc3c(C)c(O)c4c(O)c(cc(O)c4c3C2=O)NC(=O)C(C)=CC=C[C@H](C)[C@@H](O)[C@H](C)[C@H](O)[C@H](C)[C@H](OC(C)=O)[C@@H]1C. The van der Waals surface area contributed by atoms with Gasteiger partial charge in [-0.3, -0.25) is 14.4 Å². The quantitative estimate of drug-likeness (QED) is 0.143. The van der Waals surface area contributed by atoms with E-state index in [0.717, 1.165) is 6.07 Å². The summed E-state index contributed by atoms with van der Waals surface area (Å²) in [4.78, 5) is 39.2. The molecular formula is C37H47NO12. The molecule has 13 nitrogen and oxygen atoms in total. The van der Waals surface area contributed by atoms with Crippen molar-refractivity contribution in [1.82, 2.24) is 0 Å². The van der Waals surface area contributed by atoms with Crippen molar-refractivity contribution >= 4 is 34.1 Å². The number of nitrogens with one attached hydrogen (secondary N) is 1. The Morgan fingerprint density at radius 2 is 1.60 bits per heavy atom. The van der Waals surface area contributed by atoms with Crippen LogP contribution in [0, 0.1) is 30.6 Å². The summed E-state index contributed by atoms with van der Waals surface area (Å²) in [5.74, 6) is -7.99. The van der Waals surface area contributed by atoms with Gasteiger partial charge >= 0.3 is 11.8 Å². The second kappa shape index (κ2) is 14.7. The summed E-state index contributed by atoms with van der Waals surface area (Å²) in [5, 5.41) is 58.2. The molecular weight excluding hydrogens is 650 g/mol. The number of aromatic hydroxyl groups is 3. The minimum atomic E-state index is -1.98. The van der Waals surface area contributed by atoms with Crippen molar-refractivity contribution < 1.29 is 58.9 Å². The Hall–Kier alpha value is -4.59. The van der Waals surface area contributed by atoms with Crippen LogP contribution >= 0.6 is 0 Å². The first-order valence-corrected chi connectivity index (χ1v) is 16.4. The number of ketones is 1. The molecule has 0 saturated carbocycles. The smallest absolute Gasteiger partial charge is 0.312 e. The Labute approximate surface area is 290 Å². The summed E-state index contributed by atoms with van der Waals surface area (Å²) in [6.45, 7) is 12.5. The lowest BCUT2D eigenvalue weighted by molar-refractivity contribution is -0.160. The second-order valence-electron chi connectivity index (χ2n) is 13.4. The van der Waals surface area contributed by atoms with Crippen LogP contribution in [0.15, 0.2) is 42.2 Å². The molecule has 50 heavy (non-hydrogen) atoms. The van der Waals surface area contributed by atoms with Crippen LogP contribution in [0.5, 0.6) is 23.0 Å². The number of anilines is 1. The maximum atomic E-state index is 13.9. The Balaban J connectivity index is 1.87. The van der Waals surface area contributed by atoms with Gasteiger partial charge in [-0.05, 0) is 19.9 Å². The maximum Gasteiger partial charge on any atom is 0.312 e. The highest BCUT2D eigenvalue weighted by molar-refractivity contribution is 6.21. The Morgan fingerprint density at radius 3 is 2.22 bits per heavy atom. The molecule has 0 fully saturated rings. The number of allylic oxidation sites excluding steroid dienone is 2. The number of carbonyl (C=O) groups is 3. The lowest BCUT2D eigenvalue weighted by Crippen LogP contribution is -2.46. The highest BCUT2D eigenvalue weighted by Gasteiger charge is 2.49. The molecule has 9 atom stereocenters. The van der Waals surface area contributed by atoms with Gasteiger partial charge in [-0.25, -0.2) is 0 Å². The molecule has 2 aromatic carbocycles. The zero-order chi connectivity index (χ0) is 37.4. The molecule has 3 aliphatic rings. The second-order valence-corrected chi connectivity index (χ2v) is 13.4. The van der Waals surface area contributed by atoms with Crippen LogP contribution in [0.25, 0.3) is 10.8 Å². The summed E-state index contributed by atoms with van der Waals surface area (Å²) in [7, 11) is 1.43. The van der Waals surface area contributed by atoms with E-state index in [-0.39, 0.29) is 38.9 Å². The van der Waals surface area contributed by atoms with Gasteiger partial charge in [0, 0.05) is 67.2 Å². The van der Waals surface area contributed by atoms with E-state index in [0.29, 0.717) is 0 Å². The van der Waals surface area contributed by atoms with Crippen molar-refractivity contribution in [3.8, 4) is 23.0 Å². The maximum absolute atomic E-state index is 13.9. The number of hydrogen-bond donors (Lipinski definition) is 6. The van der Waals surface area contributed by atoms with E-state index in [9.17, 15) is 39.9 Å². The Morgan fingerprint density at radius 1 is 0.940 bits per heavy atom. The van der Waals surface area contributed by atoms with Gasteiger partial charge in [-0.1, -0.05) is 45.9 Å². The van der Waals surface area contributed by atoms with Crippen molar-refractivity contribution in [2.24, 2.45) is 23.7 Å². The van der Waals surface area contributed by atoms with Crippen LogP contribution in [-0.4, -0.2) is 80.5 Å². The van der Waals surface area contributed by atoms with Crippen molar-refractivity contribution in [2.45, 2.75) is 85.6 Å². The number of aliphatic hydroxyl groups is 2. The Bertz CT molecular complexity index is 1760. The number of Topliss-reactive ketones (excluding diaryl/α,β-unsaturated/α-hetero) is 1. The minimum Gasteiger partial charge on any atom is -0.507 e. The van der Waals surface area contributed by atoms with Crippen LogP contribution in [0.4, 0.5) is 5.69 Å². The molecule has 5 bridgehead atoms. The molecule has 272 valence electrons. The van der Waals surface area contributed by atoms with Crippen LogP contribution in [0.2, 0.25) is 0 Å². The average Bonchev–Trinajstić information content (AvgIpc) is 3.33. The molecule has 1 amide bonds. The minimum absolute atomic E-state index is 0.0709. The number of carbonyl (C=O) groups excluding carboxylic acids is 3. The summed E-state index contributed by atoms with van der Waals surface area (Å²) in [6, 6.07) is 1.06. The van der Waals surface area contributed by atoms with E-state index >= 15 is 0 Å². The van der Waals surface area contributed by atoms with E-state index in [1.54, 1.807) is 39.8 Å². The zero-order valence-corrected chi connectivity index (χ0v) is 29.7. The first-order chi connectivity index (χ1) is 23.4. The third kappa shape index (κ3) is 7.03. The summed E-state index contributed by atoms with van der Waals surface area (Å²) in [6.07, 6.45) is 3.62. The van der Waals surface area contributed by atoms with E-state index in [1.807, 2.05) is 0 Å². The third-order valence-electron chi connectivity index (χ3n) is 9.84. The van der Waals surface area contributed by atoms with E-state index in [1.165, 1.54) is 53.2 Å². The molecule has 0 aromatic heterocycles. The fraction of sp³-hybridized carbons (Fsp3) is 0.486.